The van der Waals surface area contributed by atoms with Crippen LogP contribution in [0.15, 0.2) is 36.7 Å². The van der Waals surface area contributed by atoms with Gasteiger partial charge in [-0.25, -0.2) is 0 Å². The van der Waals surface area contributed by atoms with Crippen LogP contribution >= 0.6 is 0 Å². The summed E-state index contributed by atoms with van der Waals surface area (Å²) in [5.41, 5.74) is 1.24. The maximum Gasteiger partial charge on any atom is 0.223 e. The molecule has 1 atom stereocenters. The van der Waals surface area contributed by atoms with Gasteiger partial charge < -0.3 is 5.32 Å². The molecule has 0 spiro atoms. The Morgan fingerprint density at radius 2 is 2.24 bits per heavy atom. The van der Waals surface area contributed by atoms with E-state index in [9.17, 15) is 4.79 Å². The SMILES string of the molecule is O=C(NC1CCCN(Cc2cccnc2)C1)C1CC=CC1. The summed E-state index contributed by atoms with van der Waals surface area (Å²) in [6.07, 6.45) is 12.0. The van der Waals surface area contributed by atoms with Crippen LogP contribution in [-0.4, -0.2) is 34.9 Å². The van der Waals surface area contributed by atoms with Gasteiger partial charge in [0, 0.05) is 37.4 Å². The molecule has 1 aliphatic heterocycles. The van der Waals surface area contributed by atoms with Crippen LogP contribution in [0, 0.1) is 5.92 Å². The highest BCUT2D eigenvalue weighted by atomic mass is 16.1. The molecule has 21 heavy (non-hydrogen) atoms. The molecule has 0 saturated carbocycles. The highest BCUT2D eigenvalue weighted by molar-refractivity contribution is 5.79. The zero-order valence-corrected chi connectivity index (χ0v) is 12.4. The number of rotatable bonds is 4. The molecule has 4 nitrogen and oxygen atoms in total. The van der Waals surface area contributed by atoms with Gasteiger partial charge in [0.05, 0.1) is 0 Å². The fraction of sp³-hybridized carbons (Fsp3) is 0.529. The van der Waals surface area contributed by atoms with E-state index in [4.69, 9.17) is 0 Å². The molecule has 0 radical (unpaired) electrons. The predicted octanol–water partition coefficient (Wildman–Crippen LogP) is 2.13. The van der Waals surface area contributed by atoms with Crippen molar-refractivity contribution in [1.82, 2.24) is 15.2 Å². The topological polar surface area (TPSA) is 45.2 Å². The second-order valence-electron chi connectivity index (χ2n) is 6.08. The largest absolute Gasteiger partial charge is 0.352 e. The van der Waals surface area contributed by atoms with Crippen molar-refractivity contribution in [2.45, 2.75) is 38.3 Å². The lowest BCUT2D eigenvalue weighted by Crippen LogP contribution is -2.48. The summed E-state index contributed by atoms with van der Waals surface area (Å²) in [6.45, 7) is 2.97. The van der Waals surface area contributed by atoms with Crippen LogP contribution in [-0.2, 0) is 11.3 Å². The first kappa shape index (κ1) is 14.3. The van der Waals surface area contributed by atoms with E-state index in [0.29, 0.717) is 6.04 Å². The third kappa shape index (κ3) is 3.91. The first-order chi connectivity index (χ1) is 10.3. The zero-order valence-electron chi connectivity index (χ0n) is 12.4. The monoisotopic (exact) mass is 285 g/mol. The van der Waals surface area contributed by atoms with Crippen molar-refractivity contribution in [3.63, 3.8) is 0 Å². The highest BCUT2D eigenvalue weighted by Gasteiger charge is 2.25. The van der Waals surface area contributed by atoms with Crippen LogP contribution in [0.3, 0.4) is 0 Å². The van der Waals surface area contributed by atoms with Gasteiger partial charge in [-0.3, -0.25) is 14.7 Å². The number of hydrogen-bond acceptors (Lipinski definition) is 3. The zero-order chi connectivity index (χ0) is 14.5. The smallest absolute Gasteiger partial charge is 0.223 e. The van der Waals surface area contributed by atoms with Crippen LogP contribution in [0.4, 0.5) is 0 Å². The van der Waals surface area contributed by atoms with E-state index in [1.54, 1.807) is 6.20 Å². The average molecular weight is 285 g/mol. The van der Waals surface area contributed by atoms with Crippen molar-refractivity contribution in [1.29, 1.82) is 0 Å². The average Bonchev–Trinajstić information content (AvgIpc) is 3.03. The second-order valence-corrected chi connectivity index (χ2v) is 6.08. The molecule has 1 amide bonds. The van der Waals surface area contributed by atoms with E-state index < -0.39 is 0 Å². The van der Waals surface area contributed by atoms with Crippen molar-refractivity contribution >= 4 is 5.91 Å². The summed E-state index contributed by atoms with van der Waals surface area (Å²) < 4.78 is 0. The van der Waals surface area contributed by atoms with Crippen LogP contribution in [0.5, 0.6) is 0 Å². The molecule has 2 aliphatic rings. The molecule has 4 heteroatoms. The second kappa shape index (κ2) is 6.85. The Bertz CT molecular complexity index is 492. The molecule has 112 valence electrons. The highest BCUT2D eigenvalue weighted by Crippen LogP contribution is 2.19. The molecule has 1 aliphatic carbocycles. The van der Waals surface area contributed by atoms with Crippen molar-refractivity contribution in [2.75, 3.05) is 13.1 Å². The van der Waals surface area contributed by atoms with E-state index in [0.717, 1.165) is 45.3 Å². The number of allylic oxidation sites excluding steroid dienone is 2. The van der Waals surface area contributed by atoms with Gasteiger partial charge in [-0.1, -0.05) is 18.2 Å². The maximum atomic E-state index is 12.2. The molecule has 1 unspecified atom stereocenters. The Hall–Kier alpha value is -1.68. The third-order valence-corrected chi connectivity index (χ3v) is 4.36. The van der Waals surface area contributed by atoms with Gasteiger partial charge >= 0.3 is 0 Å². The number of amides is 1. The molecular weight excluding hydrogens is 262 g/mol. The Morgan fingerprint density at radius 1 is 1.38 bits per heavy atom. The molecule has 1 N–H and O–H groups in total. The maximum absolute atomic E-state index is 12.2. The lowest BCUT2D eigenvalue weighted by Gasteiger charge is -2.33. The van der Waals surface area contributed by atoms with Gasteiger partial charge in [-0.05, 0) is 43.9 Å². The summed E-state index contributed by atoms with van der Waals surface area (Å²) in [5, 5.41) is 3.24. The Kier molecular flexibility index (Phi) is 4.65. The normalized spacial score (nSPS) is 23.3. The number of likely N-dealkylation sites (tertiary alicyclic amines) is 1. The van der Waals surface area contributed by atoms with E-state index in [1.165, 1.54) is 5.56 Å². The Morgan fingerprint density at radius 3 is 3.00 bits per heavy atom. The minimum atomic E-state index is 0.165. The van der Waals surface area contributed by atoms with Crippen molar-refractivity contribution in [3.05, 3.63) is 42.2 Å². The number of carbonyl (C=O) groups is 1. The number of nitrogens with one attached hydrogen (secondary N) is 1. The summed E-state index contributed by atoms with van der Waals surface area (Å²) in [5.74, 6) is 0.395. The molecule has 1 fully saturated rings. The first-order valence-corrected chi connectivity index (χ1v) is 7.88. The lowest BCUT2D eigenvalue weighted by molar-refractivity contribution is -0.125. The van der Waals surface area contributed by atoms with Crippen LogP contribution in [0.2, 0.25) is 0 Å². The lowest BCUT2D eigenvalue weighted by atomic mass is 10.0. The minimum Gasteiger partial charge on any atom is -0.352 e. The van der Waals surface area contributed by atoms with Gasteiger partial charge in [0.25, 0.3) is 0 Å². The van der Waals surface area contributed by atoms with Crippen molar-refractivity contribution in [3.8, 4) is 0 Å². The molecule has 1 saturated heterocycles. The van der Waals surface area contributed by atoms with E-state index in [1.807, 2.05) is 12.3 Å². The number of carbonyl (C=O) groups excluding carboxylic acids is 1. The van der Waals surface area contributed by atoms with Gasteiger partial charge in [0.2, 0.25) is 5.91 Å². The molecule has 3 rings (SSSR count). The summed E-state index contributed by atoms with van der Waals surface area (Å²) in [4.78, 5) is 18.8. The predicted molar refractivity (Wildman–Crippen MR) is 82.5 cm³/mol. The molecular formula is C17H23N3O. The number of piperidine rings is 1. The van der Waals surface area contributed by atoms with Crippen molar-refractivity contribution < 1.29 is 4.79 Å². The standard InChI is InChI=1S/C17H23N3O/c21-17(15-6-1-2-7-15)19-16-8-4-10-20(13-16)12-14-5-3-9-18-11-14/h1-3,5,9,11,15-16H,4,6-8,10,12-13H2,(H,19,21). The van der Waals surface area contributed by atoms with E-state index in [-0.39, 0.29) is 11.8 Å². The van der Waals surface area contributed by atoms with Crippen LogP contribution < -0.4 is 5.32 Å². The van der Waals surface area contributed by atoms with Gasteiger partial charge in [-0.2, -0.15) is 0 Å². The molecule has 0 bridgehead atoms. The molecule has 0 aromatic carbocycles. The van der Waals surface area contributed by atoms with Gasteiger partial charge in [0.15, 0.2) is 0 Å². The first-order valence-electron chi connectivity index (χ1n) is 7.88. The molecule has 1 aromatic heterocycles. The summed E-state index contributed by atoms with van der Waals surface area (Å²) in [6, 6.07) is 4.38. The third-order valence-electron chi connectivity index (χ3n) is 4.36. The minimum absolute atomic E-state index is 0.165. The van der Waals surface area contributed by atoms with Crippen molar-refractivity contribution in [2.24, 2.45) is 5.92 Å². The number of hydrogen-bond donors (Lipinski definition) is 1. The fourth-order valence-corrected chi connectivity index (χ4v) is 3.22. The quantitative estimate of drug-likeness (QED) is 0.862. The number of aromatic nitrogens is 1. The Labute approximate surface area is 126 Å². The van der Waals surface area contributed by atoms with E-state index in [2.05, 4.69) is 33.4 Å². The van der Waals surface area contributed by atoms with Crippen LogP contribution in [0.1, 0.15) is 31.2 Å². The summed E-state index contributed by atoms with van der Waals surface area (Å²) >= 11 is 0. The van der Waals surface area contributed by atoms with Gasteiger partial charge in [-0.15, -0.1) is 0 Å². The van der Waals surface area contributed by atoms with Crippen LogP contribution in [0.25, 0.3) is 0 Å². The molecule has 2 heterocycles. The Balaban J connectivity index is 1.50. The van der Waals surface area contributed by atoms with E-state index >= 15 is 0 Å². The number of pyridine rings is 1. The molecule has 1 aromatic rings. The summed E-state index contributed by atoms with van der Waals surface area (Å²) in [7, 11) is 0. The van der Waals surface area contributed by atoms with Gasteiger partial charge in [0.1, 0.15) is 0 Å². The number of nitrogens with zero attached hydrogens (tertiary/aromatic N) is 2. The fourth-order valence-electron chi connectivity index (χ4n) is 3.22.